The Hall–Kier alpha value is -4.24. The summed E-state index contributed by atoms with van der Waals surface area (Å²) in [5.74, 6) is -2.38. The number of amides is 1. The number of halogens is 1. The highest BCUT2D eigenvalue weighted by molar-refractivity contribution is 6.27. The molecule has 1 saturated heterocycles. The van der Waals surface area contributed by atoms with Crippen molar-refractivity contribution in [1.82, 2.24) is 9.80 Å². The number of carboxylic acids is 2. The van der Waals surface area contributed by atoms with E-state index in [0.717, 1.165) is 31.1 Å². The van der Waals surface area contributed by atoms with Crippen molar-refractivity contribution in [2.24, 2.45) is 0 Å². The largest absolute Gasteiger partial charge is 0.473 e. The highest BCUT2D eigenvalue weighted by Gasteiger charge is 2.22. The minimum absolute atomic E-state index is 0.0390. The van der Waals surface area contributed by atoms with E-state index >= 15 is 0 Å². The molecule has 1 heterocycles. The van der Waals surface area contributed by atoms with Gasteiger partial charge in [-0.05, 0) is 54.1 Å². The maximum Gasteiger partial charge on any atom is 0.414 e. The van der Waals surface area contributed by atoms with Gasteiger partial charge in [0.2, 0.25) is 0 Å². The summed E-state index contributed by atoms with van der Waals surface area (Å²) >= 11 is 0. The lowest BCUT2D eigenvalue weighted by molar-refractivity contribution is -0.159. The Kier molecular flexibility index (Phi) is 8.91. The molecule has 182 valence electrons. The lowest BCUT2D eigenvalue weighted by Gasteiger charge is -2.34. The summed E-state index contributed by atoms with van der Waals surface area (Å²) < 4.78 is 19.0. The minimum Gasteiger partial charge on any atom is -0.473 e. The molecule has 0 atom stereocenters. The zero-order valence-corrected chi connectivity index (χ0v) is 18.8. The molecule has 3 aromatic carbocycles. The number of nitrogens with zero attached hydrogens (tertiary/aromatic N) is 2. The van der Waals surface area contributed by atoms with Crippen molar-refractivity contribution in [2.45, 2.75) is 6.54 Å². The van der Waals surface area contributed by atoms with Crippen LogP contribution in [-0.2, 0) is 16.1 Å². The number of carboxylic acid groups (broad SMARTS) is 2. The molecule has 3 aromatic rings. The third-order valence-electron chi connectivity index (χ3n) is 5.22. The van der Waals surface area contributed by atoms with E-state index in [4.69, 9.17) is 24.5 Å². The van der Waals surface area contributed by atoms with Crippen LogP contribution < -0.4 is 4.74 Å². The first kappa shape index (κ1) is 25.4. The monoisotopic (exact) mass is 480 g/mol. The third kappa shape index (κ3) is 7.94. The number of hydrogen-bond donors (Lipinski definition) is 2. The predicted octanol–water partition coefficient (Wildman–Crippen LogP) is 3.73. The maximum absolute atomic E-state index is 13.1. The Labute approximate surface area is 201 Å². The van der Waals surface area contributed by atoms with E-state index in [1.807, 2.05) is 47.4 Å². The first-order chi connectivity index (χ1) is 16.8. The average molecular weight is 480 g/mol. The fourth-order valence-electron chi connectivity index (χ4n) is 3.47. The van der Waals surface area contributed by atoms with Crippen molar-refractivity contribution < 1.29 is 33.7 Å². The smallest absolute Gasteiger partial charge is 0.414 e. The molecule has 0 spiro atoms. The number of rotatable bonds is 5. The molecule has 35 heavy (non-hydrogen) atoms. The van der Waals surface area contributed by atoms with E-state index < -0.39 is 11.9 Å². The third-order valence-corrected chi connectivity index (χ3v) is 5.22. The first-order valence-electron chi connectivity index (χ1n) is 10.9. The molecule has 1 aliphatic rings. The van der Waals surface area contributed by atoms with Crippen molar-refractivity contribution in [2.75, 3.05) is 26.2 Å². The van der Waals surface area contributed by atoms with Crippen LogP contribution in [0.4, 0.5) is 4.39 Å². The van der Waals surface area contributed by atoms with Crippen molar-refractivity contribution in [1.29, 1.82) is 0 Å². The quantitative estimate of drug-likeness (QED) is 0.536. The van der Waals surface area contributed by atoms with Crippen molar-refractivity contribution >= 4 is 17.8 Å². The van der Waals surface area contributed by atoms with E-state index in [-0.39, 0.29) is 11.7 Å². The van der Waals surface area contributed by atoms with Gasteiger partial charge >= 0.3 is 11.9 Å². The van der Waals surface area contributed by atoms with Gasteiger partial charge in [0.15, 0.2) is 0 Å². The first-order valence-corrected chi connectivity index (χ1v) is 10.9. The van der Waals surface area contributed by atoms with Gasteiger partial charge in [0.05, 0.1) is 0 Å². The molecule has 0 bridgehead atoms. The van der Waals surface area contributed by atoms with Gasteiger partial charge in [0, 0.05) is 38.3 Å². The molecular weight excluding hydrogens is 455 g/mol. The van der Waals surface area contributed by atoms with Crippen LogP contribution in [-0.4, -0.2) is 64.0 Å². The van der Waals surface area contributed by atoms with Gasteiger partial charge in [-0.2, -0.15) is 0 Å². The molecule has 1 amide bonds. The predicted molar refractivity (Wildman–Crippen MR) is 126 cm³/mol. The lowest BCUT2D eigenvalue weighted by Crippen LogP contribution is -2.48. The number of ether oxygens (including phenoxy) is 1. The van der Waals surface area contributed by atoms with Crippen molar-refractivity contribution in [3.8, 4) is 11.5 Å². The summed E-state index contributed by atoms with van der Waals surface area (Å²) in [6.45, 7) is 3.74. The Morgan fingerprint density at radius 3 is 1.97 bits per heavy atom. The molecule has 0 unspecified atom stereocenters. The minimum atomic E-state index is -1.82. The van der Waals surface area contributed by atoms with Gasteiger partial charge in [-0.25, -0.2) is 14.0 Å². The SMILES string of the molecule is O=C(O)C(=O)O.O=C(c1ccc(F)cc1)N1CCN(Cc2cccc(Oc3ccccc3)c2)CC1. The number of piperazine rings is 1. The van der Waals surface area contributed by atoms with E-state index in [1.165, 1.54) is 17.7 Å². The van der Waals surface area contributed by atoms with Crippen LogP contribution in [0.15, 0.2) is 78.9 Å². The normalized spacial score (nSPS) is 13.3. The fraction of sp³-hybridized carbons (Fsp3) is 0.192. The second-order valence-electron chi connectivity index (χ2n) is 7.75. The second-order valence-corrected chi connectivity index (χ2v) is 7.75. The van der Waals surface area contributed by atoms with Crippen molar-refractivity contribution in [3.63, 3.8) is 0 Å². The molecule has 0 aliphatic carbocycles. The summed E-state index contributed by atoms with van der Waals surface area (Å²) in [7, 11) is 0. The van der Waals surface area contributed by atoms with Crippen LogP contribution in [0, 0.1) is 5.82 Å². The Morgan fingerprint density at radius 1 is 0.771 bits per heavy atom. The van der Waals surface area contributed by atoms with Gasteiger partial charge in [0.25, 0.3) is 5.91 Å². The molecule has 2 N–H and O–H groups in total. The van der Waals surface area contributed by atoms with Crippen LogP contribution in [0.5, 0.6) is 11.5 Å². The summed E-state index contributed by atoms with van der Waals surface area (Å²) in [6, 6.07) is 23.6. The van der Waals surface area contributed by atoms with Crippen LogP contribution in [0.25, 0.3) is 0 Å². The van der Waals surface area contributed by atoms with Gasteiger partial charge in [-0.15, -0.1) is 0 Å². The van der Waals surface area contributed by atoms with Crippen LogP contribution in [0.1, 0.15) is 15.9 Å². The number of hydrogen-bond acceptors (Lipinski definition) is 5. The zero-order valence-electron chi connectivity index (χ0n) is 18.8. The van der Waals surface area contributed by atoms with Gasteiger partial charge in [0.1, 0.15) is 17.3 Å². The summed E-state index contributed by atoms with van der Waals surface area (Å²) in [4.78, 5) is 34.9. The zero-order chi connectivity index (χ0) is 25.2. The van der Waals surface area contributed by atoms with Crippen LogP contribution in [0.3, 0.4) is 0 Å². The molecule has 9 heteroatoms. The molecule has 1 aliphatic heterocycles. The molecule has 4 rings (SSSR count). The van der Waals surface area contributed by atoms with Crippen LogP contribution >= 0.6 is 0 Å². The van der Waals surface area contributed by atoms with Gasteiger partial charge in [-0.3, -0.25) is 9.69 Å². The van der Waals surface area contributed by atoms with Crippen LogP contribution in [0.2, 0.25) is 0 Å². The topological polar surface area (TPSA) is 107 Å². The number of carbonyl (C=O) groups is 3. The van der Waals surface area contributed by atoms with Crippen molar-refractivity contribution in [3.05, 3.63) is 95.8 Å². The summed E-state index contributed by atoms with van der Waals surface area (Å²) in [5.41, 5.74) is 1.71. The lowest BCUT2D eigenvalue weighted by atomic mass is 10.1. The molecule has 0 saturated carbocycles. The highest BCUT2D eigenvalue weighted by Crippen LogP contribution is 2.22. The average Bonchev–Trinajstić information content (AvgIpc) is 2.86. The highest BCUT2D eigenvalue weighted by atomic mass is 19.1. The standard InChI is InChI=1S/C24H23FN2O2.C2H2O4/c25-21-11-9-20(10-12-21)24(28)27-15-13-26(14-16-27)18-19-5-4-8-23(17-19)29-22-6-2-1-3-7-22;3-1(4)2(5)6/h1-12,17H,13-16,18H2;(H,3,4)(H,5,6). The number of carbonyl (C=O) groups excluding carboxylic acids is 1. The summed E-state index contributed by atoms with van der Waals surface area (Å²) in [6.07, 6.45) is 0. The number of para-hydroxylation sites is 1. The molecule has 8 nitrogen and oxygen atoms in total. The molecule has 0 radical (unpaired) electrons. The Bertz CT molecular complexity index is 1130. The second kappa shape index (κ2) is 12.3. The van der Waals surface area contributed by atoms with E-state index in [9.17, 15) is 9.18 Å². The Balaban J connectivity index is 0.000000509. The van der Waals surface area contributed by atoms with E-state index in [2.05, 4.69) is 17.0 Å². The maximum atomic E-state index is 13.1. The number of aliphatic carboxylic acids is 2. The molecule has 0 aromatic heterocycles. The Morgan fingerprint density at radius 2 is 1.37 bits per heavy atom. The van der Waals surface area contributed by atoms with Gasteiger partial charge in [-0.1, -0.05) is 30.3 Å². The molecular formula is C26H25FN2O6. The molecule has 1 fully saturated rings. The summed E-state index contributed by atoms with van der Waals surface area (Å²) in [5, 5.41) is 14.8. The fourth-order valence-corrected chi connectivity index (χ4v) is 3.47. The van der Waals surface area contributed by atoms with E-state index in [1.54, 1.807) is 12.1 Å². The van der Waals surface area contributed by atoms with E-state index in [0.29, 0.717) is 18.7 Å². The number of benzene rings is 3. The van der Waals surface area contributed by atoms with Gasteiger partial charge < -0.3 is 19.8 Å².